The number of benzene rings is 1. The number of anilines is 1. The van der Waals surface area contributed by atoms with Gasteiger partial charge >= 0.3 is 6.09 Å². The Morgan fingerprint density at radius 2 is 2.19 bits per heavy atom. The van der Waals surface area contributed by atoms with Gasteiger partial charge in [-0.3, -0.25) is 19.1 Å². The molecule has 1 fully saturated rings. The van der Waals surface area contributed by atoms with Gasteiger partial charge in [0.15, 0.2) is 0 Å². The van der Waals surface area contributed by atoms with E-state index in [1.54, 1.807) is 31.2 Å². The molecule has 146 valence electrons. The molecule has 10 heteroatoms. The van der Waals surface area contributed by atoms with Gasteiger partial charge in [0.1, 0.15) is 23.2 Å². The van der Waals surface area contributed by atoms with Gasteiger partial charge < -0.3 is 14.0 Å². The number of hydrogen-bond acceptors (Lipinski definition) is 7. The van der Waals surface area contributed by atoms with Crippen LogP contribution in [0.15, 0.2) is 24.3 Å². The molecule has 1 aromatic carbocycles. The number of nitrogens with one attached hydrogen (secondary N) is 1. The van der Waals surface area contributed by atoms with Gasteiger partial charge in [-0.2, -0.15) is 0 Å². The first-order valence-electron chi connectivity index (χ1n) is 7.96. The smallest absolute Gasteiger partial charge is 0.414 e. The van der Waals surface area contributed by atoms with Gasteiger partial charge in [-0.25, -0.2) is 10.3 Å². The van der Waals surface area contributed by atoms with E-state index >= 15 is 0 Å². The van der Waals surface area contributed by atoms with Crippen molar-refractivity contribution in [2.75, 3.05) is 18.1 Å². The molecule has 0 aliphatic carbocycles. The van der Waals surface area contributed by atoms with E-state index < -0.39 is 33.9 Å². The van der Waals surface area contributed by atoms with Crippen LogP contribution in [0, 0.1) is 11.8 Å². The van der Waals surface area contributed by atoms with Crippen LogP contribution >= 0.6 is 0 Å². The first-order chi connectivity index (χ1) is 12.8. The lowest BCUT2D eigenvalue weighted by Gasteiger charge is -2.30. The fourth-order valence-electron chi connectivity index (χ4n) is 2.54. The van der Waals surface area contributed by atoms with Crippen LogP contribution in [-0.2, 0) is 20.6 Å². The Balaban J connectivity index is 2.07. The van der Waals surface area contributed by atoms with Crippen molar-refractivity contribution in [2.45, 2.75) is 31.1 Å². The number of hydroxylamine groups is 1. The molecule has 2 N–H and O–H groups in total. The fraction of sp³-hybridized carbons (Fsp3) is 0.412. The van der Waals surface area contributed by atoms with E-state index in [-0.39, 0.29) is 19.6 Å². The number of cyclic esters (lactones) is 1. The molecular weight excluding hydrogens is 376 g/mol. The maximum absolute atomic E-state index is 12.1. The van der Waals surface area contributed by atoms with E-state index in [0.29, 0.717) is 11.4 Å². The molecule has 2 rings (SSSR count). The van der Waals surface area contributed by atoms with E-state index in [2.05, 4.69) is 11.8 Å². The van der Waals surface area contributed by atoms with E-state index in [0.717, 1.165) is 6.92 Å². The summed E-state index contributed by atoms with van der Waals surface area (Å²) >= 11 is -2.83. The molecule has 0 bridgehead atoms. The summed E-state index contributed by atoms with van der Waals surface area (Å²) in [7, 11) is 0. The predicted molar refractivity (Wildman–Crippen MR) is 94.9 cm³/mol. The van der Waals surface area contributed by atoms with Crippen molar-refractivity contribution in [1.82, 2.24) is 5.48 Å². The Kier molecular flexibility index (Phi) is 6.79. The van der Waals surface area contributed by atoms with Crippen molar-refractivity contribution < 1.29 is 33.0 Å². The van der Waals surface area contributed by atoms with E-state index in [1.807, 2.05) is 0 Å². The van der Waals surface area contributed by atoms with Crippen LogP contribution in [0.1, 0.15) is 20.3 Å². The Morgan fingerprint density at radius 1 is 1.52 bits per heavy atom. The fourth-order valence-corrected chi connectivity index (χ4v) is 3.06. The van der Waals surface area contributed by atoms with Gasteiger partial charge in [0, 0.05) is 12.1 Å². The zero-order valence-electron chi connectivity index (χ0n) is 14.8. The third kappa shape index (κ3) is 4.77. The third-order valence-electron chi connectivity index (χ3n) is 4.08. The SMILES string of the molecule is CC#CCOc1ccc(N2CC(CC(C)(C(=O)NO)S(=O)[O-])OC2=O)cc1. The molecule has 27 heavy (non-hydrogen) atoms. The average Bonchev–Trinajstić information content (AvgIpc) is 3.01. The molecule has 3 atom stereocenters. The lowest BCUT2D eigenvalue weighted by Crippen LogP contribution is -2.49. The van der Waals surface area contributed by atoms with Crippen LogP contribution in [-0.4, -0.2) is 50.0 Å². The van der Waals surface area contributed by atoms with Crippen molar-refractivity contribution in [3.05, 3.63) is 24.3 Å². The van der Waals surface area contributed by atoms with Gasteiger partial charge in [0.05, 0.1) is 6.54 Å². The molecule has 2 amide bonds. The molecule has 1 aliphatic rings. The van der Waals surface area contributed by atoms with Gasteiger partial charge in [-0.05, 0) is 49.2 Å². The highest BCUT2D eigenvalue weighted by molar-refractivity contribution is 7.81. The predicted octanol–water partition coefficient (Wildman–Crippen LogP) is 0.947. The summed E-state index contributed by atoms with van der Waals surface area (Å²) in [5.74, 6) is 4.96. The monoisotopic (exact) mass is 395 g/mol. The summed E-state index contributed by atoms with van der Waals surface area (Å²) < 4.78 is 31.5. The van der Waals surface area contributed by atoms with Crippen molar-refractivity contribution in [3.63, 3.8) is 0 Å². The zero-order chi connectivity index (χ0) is 20.0. The van der Waals surface area contributed by atoms with Crippen LogP contribution in [0.5, 0.6) is 5.75 Å². The average molecular weight is 395 g/mol. The van der Waals surface area contributed by atoms with E-state index in [1.165, 1.54) is 10.4 Å². The van der Waals surface area contributed by atoms with Gasteiger partial charge in [-0.1, -0.05) is 5.92 Å². The third-order valence-corrected chi connectivity index (χ3v) is 5.16. The van der Waals surface area contributed by atoms with Crippen LogP contribution in [0.3, 0.4) is 0 Å². The summed E-state index contributed by atoms with van der Waals surface area (Å²) in [6.07, 6.45) is -1.79. The maximum Gasteiger partial charge on any atom is 0.414 e. The minimum absolute atomic E-state index is 0.0614. The van der Waals surface area contributed by atoms with Crippen molar-refractivity contribution >= 4 is 28.8 Å². The van der Waals surface area contributed by atoms with E-state index in [4.69, 9.17) is 14.7 Å². The molecule has 3 unspecified atom stereocenters. The molecule has 0 aromatic heterocycles. The Morgan fingerprint density at radius 3 is 2.74 bits per heavy atom. The Bertz CT molecular complexity index is 787. The largest absolute Gasteiger partial charge is 0.772 e. The standard InChI is InChI=1S/C17H20N2O7S/c1-3-4-9-25-13-7-5-12(6-8-13)19-11-14(26-16(19)21)10-17(2,27(23)24)15(20)18-22/h5-8,14,22H,9-11H2,1-2H3,(H,18,20)(H,23,24)/p-1. The molecule has 1 aromatic rings. The second-order valence-electron chi connectivity index (χ2n) is 5.94. The number of nitrogens with zero attached hydrogens (tertiary/aromatic N) is 1. The molecule has 1 aliphatic heterocycles. The molecule has 1 saturated heterocycles. The summed E-state index contributed by atoms with van der Waals surface area (Å²) in [6.45, 7) is 3.16. The Hall–Kier alpha value is -2.61. The minimum Gasteiger partial charge on any atom is -0.772 e. The summed E-state index contributed by atoms with van der Waals surface area (Å²) in [5.41, 5.74) is 1.87. The normalized spacial score (nSPS) is 19.3. The quantitative estimate of drug-likeness (QED) is 0.304. The molecule has 0 saturated carbocycles. The highest BCUT2D eigenvalue weighted by atomic mass is 32.2. The first-order valence-corrected chi connectivity index (χ1v) is 9.04. The number of hydrogen-bond donors (Lipinski definition) is 2. The highest BCUT2D eigenvalue weighted by Gasteiger charge is 2.42. The zero-order valence-corrected chi connectivity index (χ0v) is 15.6. The highest BCUT2D eigenvalue weighted by Crippen LogP contribution is 2.29. The van der Waals surface area contributed by atoms with Crippen LogP contribution in [0.25, 0.3) is 0 Å². The number of carbonyl (C=O) groups excluding carboxylic acids is 2. The van der Waals surface area contributed by atoms with E-state index in [9.17, 15) is 18.4 Å². The number of rotatable bonds is 7. The molecule has 0 radical (unpaired) electrons. The van der Waals surface area contributed by atoms with Gasteiger partial charge in [0.2, 0.25) is 0 Å². The second-order valence-corrected chi connectivity index (χ2v) is 7.31. The number of carbonyl (C=O) groups is 2. The molecule has 1 heterocycles. The topological polar surface area (TPSA) is 128 Å². The van der Waals surface area contributed by atoms with Gasteiger partial charge in [0.25, 0.3) is 5.91 Å². The molecule has 0 spiro atoms. The summed E-state index contributed by atoms with van der Waals surface area (Å²) in [5, 5.41) is 8.77. The summed E-state index contributed by atoms with van der Waals surface area (Å²) in [6, 6.07) is 6.65. The van der Waals surface area contributed by atoms with Crippen LogP contribution < -0.4 is 15.1 Å². The Labute approximate surface area is 158 Å². The van der Waals surface area contributed by atoms with Crippen molar-refractivity contribution in [1.29, 1.82) is 0 Å². The lowest BCUT2D eigenvalue weighted by atomic mass is 10.0. The number of amides is 2. The second kappa shape index (κ2) is 8.85. The van der Waals surface area contributed by atoms with Crippen LogP contribution in [0.2, 0.25) is 0 Å². The lowest BCUT2D eigenvalue weighted by molar-refractivity contribution is -0.132. The molecule has 9 nitrogen and oxygen atoms in total. The maximum atomic E-state index is 12.1. The van der Waals surface area contributed by atoms with Crippen molar-refractivity contribution in [3.8, 4) is 17.6 Å². The number of ether oxygens (including phenoxy) is 2. The summed E-state index contributed by atoms with van der Waals surface area (Å²) in [4.78, 5) is 25.2. The van der Waals surface area contributed by atoms with Crippen LogP contribution in [0.4, 0.5) is 10.5 Å². The first kappa shape index (κ1) is 20.7. The minimum atomic E-state index is -2.83. The molecular formula is C17H19N2O7S-. The van der Waals surface area contributed by atoms with Crippen molar-refractivity contribution in [2.24, 2.45) is 0 Å². The van der Waals surface area contributed by atoms with Gasteiger partial charge in [-0.15, -0.1) is 5.92 Å².